The maximum absolute atomic E-state index is 3.16. The molecule has 4 rings (SSSR count). The van der Waals surface area contributed by atoms with Gasteiger partial charge in [0.05, 0.1) is 0 Å². The third-order valence-electron chi connectivity index (χ3n) is 5.33. The third-order valence-corrected chi connectivity index (χ3v) is 19.0. The van der Waals surface area contributed by atoms with E-state index in [0.29, 0.717) is 0 Å². The van der Waals surface area contributed by atoms with Crippen LogP contribution in [0.5, 0.6) is 0 Å². The average molecular weight is 467 g/mol. The van der Waals surface area contributed by atoms with E-state index in [1.54, 1.807) is 0 Å². The summed E-state index contributed by atoms with van der Waals surface area (Å²) in [4.78, 5) is 0. The summed E-state index contributed by atoms with van der Waals surface area (Å²) in [5.74, 6) is 0. The summed E-state index contributed by atoms with van der Waals surface area (Å²) in [7, 11) is 0. The molecule has 0 N–H and O–H groups in total. The monoisotopic (exact) mass is 468 g/mol. The van der Waals surface area contributed by atoms with E-state index in [4.69, 9.17) is 0 Å². The van der Waals surface area contributed by atoms with Crippen molar-refractivity contribution in [2.75, 3.05) is 0 Å². The molecular formula is C27H24Sn. The van der Waals surface area contributed by atoms with E-state index in [1.165, 1.54) is 16.3 Å². The van der Waals surface area contributed by atoms with E-state index in [0.717, 1.165) is 4.44 Å². The standard InChI is InChI=1S/C9H9.3C6H5.Sn/c1-2-6-9-7-4-3-5-8-9;3*1-2-4-6-5-3-1;/h2-8H,1H2;3*1-5H;/b6-2+;;;;. The molecule has 0 aromatic heterocycles. The third kappa shape index (κ3) is 3.97. The van der Waals surface area contributed by atoms with Gasteiger partial charge in [0.15, 0.2) is 0 Å². The average Bonchev–Trinajstić information content (AvgIpc) is 2.79. The van der Waals surface area contributed by atoms with Gasteiger partial charge in [0, 0.05) is 0 Å². The molecule has 0 aliphatic rings. The van der Waals surface area contributed by atoms with E-state index in [9.17, 15) is 0 Å². The molecule has 28 heavy (non-hydrogen) atoms. The summed E-state index contributed by atoms with van der Waals surface area (Å²) in [5, 5.41) is 0. The van der Waals surface area contributed by atoms with Gasteiger partial charge in [0.25, 0.3) is 0 Å². The zero-order valence-electron chi connectivity index (χ0n) is 15.9. The van der Waals surface area contributed by atoms with Crippen LogP contribution < -0.4 is 10.7 Å². The maximum atomic E-state index is 2.40. The first-order valence-electron chi connectivity index (χ1n) is 9.78. The first-order chi connectivity index (χ1) is 13.9. The van der Waals surface area contributed by atoms with Crippen LogP contribution in [0.15, 0.2) is 127 Å². The number of hydrogen-bond acceptors (Lipinski definition) is 0. The van der Waals surface area contributed by atoms with Gasteiger partial charge in [-0.2, -0.15) is 0 Å². The molecule has 0 spiro atoms. The van der Waals surface area contributed by atoms with Gasteiger partial charge in [-0.3, -0.25) is 0 Å². The fourth-order valence-electron chi connectivity index (χ4n) is 3.96. The predicted molar refractivity (Wildman–Crippen MR) is 124 cm³/mol. The van der Waals surface area contributed by atoms with Crippen LogP contribution in [0.4, 0.5) is 0 Å². The normalized spacial score (nSPS) is 11.6. The second kappa shape index (κ2) is 9.07. The first kappa shape index (κ1) is 18.8. The summed E-state index contributed by atoms with van der Waals surface area (Å²) >= 11 is -3.16. The van der Waals surface area contributed by atoms with E-state index in [1.807, 2.05) is 0 Å². The van der Waals surface area contributed by atoms with Crippen molar-refractivity contribution >= 4 is 35.2 Å². The number of hydrogen-bond donors (Lipinski definition) is 0. The molecule has 0 bridgehead atoms. The van der Waals surface area contributed by atoms with Crippen LogP contribution in [-0.2, 0) is 0 Å². The van der Waals surface area contributed by atoms with Crippen LogP contribution >= 0.6 is 0 Å². The first-order valence-corrected chi connectivity index (χ1v) is 16.1. The molecule has 0 nitrogen and oxygen atoms in total. The van der Waals surface area contributed by atoms with Crippen molar-refractivity contribution in [3.8, 4) is 0 Å². The van der Waals surface area contributed by atoms with Crippen molar-refractivity contribution in [3.63, 3.8) is 0 Å². The van der Waals surface area contributed by atoms with E-state index < -0.39 is 18.4 Å². The quantitative estimate of drug-likeness (QED) is 0.355. The van der Waals surface area contributed by atoms with Gasteiger partial charge in [0.1, 0.15) is 0 Å². The fourth-order valence-corrected chi connectivity index (χ4v) is 16.7. The van der Waals surface area contributed by atoms with Crippen molar-refractivity contribution in [1.29, 1.82) is 0 Å². The SMILES string of the molecule is C(=C\c1ccccc1)/[CH2][Sn]([c]1ccccc1)([c]1ccccc1)[c]1ccccc1. The summed E-state index contributed by atoms with van der Waals surface area (Å²) in [6.45, 7) is 0. The van der Waals surface area contributed by atoms with Crippen LogP contribution in [0.2, 0.25) is 4.44 Å². The van der Waals surface area contributed by atoms with Gasteiger partial charge in [-0.05, 0) is 0 Å². The van der Waals surface area contributed by atoms with Gasteiger partial charge in [-0.15, -0.1) is 0 Å². The molecule has 136 valence electrons. The van der Waals surface area contributed by atoms with Crippen molar-refractivity contribution < 1.29 is 0 Å². The molecule has 0 fully saturated rings. The molecule has 1 heteroatoms. The van der Waals surface area contributed by atoms with Crippen LogP contribution in [0.1, 0.15) is 5.56 Å². The van der Waals surface area contributed by atoms with Crippen molar-refractivity contribution in [3.05, 3.63) is 133 Å². The Bertz CT molecular complexity index is 910. The summed E-state index contributed by atoms with van der Waals surface area (Å²) < 4.78 is 5.66. The number of allylic oxidation sites excluding steroid dienone is 1. The molecule has 0 aliphatic heterocycles. The Morgan fingerprint density at radius 3 is 1.21 bits per heavy atom. The molecule has 0 aliphatic carbocycles. The Morgan fingerprint density at radius 2 is 0.821 bits per heavy atom. The second-order valence-corrected chi connectivity index (χ2v) is 18.3. The predicted octanol–water partition coefficient (Wildman–Crippen LogP) is 4.87. The minimum absolute atomic E-state index is 1.10. The minimum atomic E-state index is -3.16. The Hall–Kier alpha value is -2.58. The summed E-state index contributed by atoms with van der Waals surface area (Å²) in [5.41, 5.74) is 1.26. The summed E-state index contributed by atoms with van der Waals surface area (Å²) in [6.07, 6.45) is 4.68. The molecule has 0 heterocycles. The zero-order chi connectivity index (χ0) is 19.1. The van der Waals surface area contributed by atoms with Gasteiger partial charge in [-0.25, -0.2) is 0 Å². The molecule has 0 amide bonds. The van der Waals surface area contributed by atoms with Gasteiger partial charge < -0.3 is 0 Å². The van der Waals surface area contributed by atoms with Gasteiger partial charge >= 0.3 is 173 Å². The second-order valence-electron chi connectivity index (χ2n) is 7.02. The molecule has 0 atom stereocenters. The number of rotatable bonds is 6. The molecule has 0 radical (unpaired) electrons. The van der Waals surface area contributed by atoms with Crippen LogP contribution in [0, 0.1) is 0 Å². The van der Waals surface area contributed by atoms with Gasteiger partial charge in [0.2, 0.25) is 0 Å². The topological polar surface area (TPSA) is 0 Å². The van der Waals surface area contributed by atoms with Crippen molar-refractivity contribution in [2.45, 2.75) is 4.44 Å². The Balaban J connectivity index is 1.87. The van der Waals surface area contributed by atoms with Gasteiger partial charge in [-0.1, -0.05) is 0 Å². The van der Waals surface area contributed by atoms with Crippen LogP contribution in [-0.4, -0.2) is 18.4 Å². The van der Waals surface area contributed by atoms with E-state index in [-0.39, 0.29) is 0 Å². The van der Waals surface area contributed by atoms with Crippen LogP contribution in [0.3, 0.4) is 0 Å². The fraction of sp³-hybridized carbons (Fsp3) is 0.0370. The van der Waals surface area contributed by atoms with E-state index in [2.05, 4.69) is 133 Å². The Morgan fingerprint density at radius 1 is 0.464 bits per heavy atom. The molecule has 4 aromatic carbocycles. The Labute approximate surface area is 172 Å². The molecule has 4 aromatic rings. The number of benzene rings is 4. The molecule has 0 saturated heterocycles. The van der Waals surface area contributed by atoms with Crippen LogP contribution in [0.25, 0.3) is 6.08 Å². The molecular weight excluding hydrogens is 443 g/mol. The molecule has 0 saturated carbocycles. The molecule has 0 unspecified atom stereocenters. The van der Waals surface area contributed by atoms with E-state index >= 15 is 0 Å². The van der Waals surface area contributed by atoms with Crippen molar-refractivity contribution in [2.24, 2.45) is 0 Å². The zero-order valence-corrected chi connectivity index (χ0v) is 18.8. The Kier molecular flexibility index (Phi) is 6.08. The van der Waals surface area contributed by atoms with Crippen molar-refractivity contribution in [1.82, 2.24) is 0 Å². The summed E-state index contributed by atoms with van der Waals surface area (Å²) in [6, 6.07) is 44.1.